The average molecular weight is 359 g/mol. The summed E-state index contributed by atoms with van der Waals surface area (Å²) in [5, 5.41) is 3.63. The number of halogens is 3. The Kier molecular flexibility index (Phi) is 5.40. The van der Waals surface area contributed by atoms with Crippen molar-refractivity contribution in [2.45, 2.75) is 13.2 Å². The highest BCUT2D eigenvalue weighted by Gasteiger charge is 2.07. The molecule has 2 rings (SSSR count). The van der Waals surface area contributed by atoms with E-state index in [1.165, 1.54) is 12.1 Å². The van der Waals surface area contributed by atoms with Crippen molar-refractivity contribution in [2.75, 3.05) is 7.05 Å². The van der Waals surface area contributed by atoms with E-state index < -0.39 is 0 Å². The van der Waals surface area contributed by atoms with Gasteiger partial charge in [0.05, 0.1) is 0 Å². The lowest BCUT2D eigenvalue weighted by molar-refractivity contribution is 0.302. The zero-order valence-corrected chi connectivity index (χ0v) is 13.3. The molecular weight excluding hydrogens is 345 g/mol. The largest absolute Gasteiger partial charge is 0.489 e. The Balaban J connectivity index is 2.14. The predicted octanol–water partition coefficient (Wildman–Crippen LogP) is 4.54. The normalized spacial score (nSPS) is 10.6. The Morgan fingerprint density at radius 2 is 2.00 bits per heavy atom. The van der Waals surface area contributed by atoms with Gasteiger partial charge in [-0.2, -0.15) is 0 Å². The number of hydrogen-bond acceptors (Lipinski definition) is 2. The third-order valence-corrected chi connectivity index (χ3v) is 3.63. The molecule has 0 aliphatic heterocycles. The molecule has 0 atom stereocenters. The third-order valence-electron chi connectivity index (χ3n) is 2.79. The summed E-state index contributed by atoms with van der Waals surface area (Å²) in [5.74, 6) is 0.379. The lowest BCUT2D eigenvalue weighted by Gasteiger charge is -2.12. The van der Waals surface area contributed by atoms with Gasteiger partial charge in [-0.3, -0.25) is 0 Å². The maximum absolute atomic E-state index is 13.2. The van der Waals surface area contributed by atoms with Crippen LogP contribution in [-0.2, 0) is 13.2 Å². The van der Waals surface area contributed by atoms with E-state index in [0.717, 1.165) is 15.6 Å². The van der Waals surface area contributed by atoms with Gasteiger partial charge in [-0.05, 0) is 37.4 Å². The van der Waals surface area contributed by atoms with Crippen LogP contribution in [0.4, 0.5) is 4.39 Å². The second-order valence-corrected chi connectivity index (χ2v) is 5.63. The lowest BCUT2D eigenvalue weighted by Crippen LogP contribution is -2.08. The van der Waals surface area contributed by atoms with E-state index in [-0.39, 0.29) is 5.82 Å². The second kappa shape index (κ2) is 7.07. The smallest absolute Gasteiger partial charge is 0.124 e. The van der Waals surface area contributed by atoms with E-state index in [1.807, 2.05) is 18.2 Å². The topological polar surface area (TPSA) is 21.3 Å². The summed E-state index contributed by atoms with van der Waals surface area (Å²) in [6.45, 7) is 0.885. The van der Waals surface area contributed by atoms with Crippen molar-refractivity contribution in [3.63, 3.8) is 0 Å². The standard InChI is InChI=1S/C15H14BrClFNO/c1-19-8-11-6-13(18)4-5-15(11)20-9-10-2-3-12(16)7-14(10)17/h2-7,19H,8-9H2,1H3. The molecule has 0 aliphatic carbocycles. The SMILES string of the molecule is CNCc1cc(F)ccc1OCc1ccc(Br)cc1Cl. The van der Waals surface area contributed by atoms with E-state index in [0.29, 0.717) is 23.9 Å². The Labute approximate surface area is 131 Å². The molecule has 5 heteroatoms. The maximum atomic E-state index is 13.2. The fraction of sp³-hybridized carbons (Fsp3) is 0.200. The molecule has 0 saturated carbocycles. The molecule has 2 aromatic rings. The van der Waals surface area contributed by atoms with Crippen LogP contribution in [0.15, 0.2) is 40.9 Å². The highest BCUT2D eigenvalue weighted by Crippen LogP contribution is 2.25. The Bertz CT molecular complexity index is 606. The average Bonchev–Trinajstić information content (AvgIpc) is 2.40. The van der Waals surface area contributed by atoms with Crippen LogP contribution in [0.2, 0.25) is 5.02 Å². The van der Waals surface area contributed by atoms with Gasteiger partial charge in [0.25, 0.3) is 0 Å². The molecule has 2 nitrogen and oxygen atoms in total. The van der Waals surface area contributed by atoms with Gasteiger partial charge in [-0.1, -0.05) is 33.6 Å². The first kappa shape index (κ1) is 15.3. The summed E-state index contributed by atoms with van der Waals surface area (Å²) < 4.78 is 19.9. The van der Waals surface area contributed by atoms with Gasteiger partial charge >= 0.3 is 0 Å². The van der Waals surface area contributed by atoms with Crippen LogP contribution in [0.1, 0.15) is 11.1 Å². The molecule has 0 saturated heterocycles. The van der Waals surface area contributed by atoms with E-state index in [1.54, 1.807) is 13.1 Å². The molecule has 0 heterocycles. The molecule has 106 valence electrons. The minimum atomic E-state index is -0.274. The third kappa shape index (κ3) is 3.95. The molecule has 20 heavy (non-hydrogen) atoms. The Hall–Kier alpha value is -1.10. The van der Waals surface area contributed by atoms with Gasteiger partial charge in [0.1, 0.15) is 18.2 Å². The molecule has 1 N–H and O–H groups in total. The van der Waals surface area contributed by atoms with Crippen molar-refractivity contribution >= 4 is 27.5 Å². The second-order valence-electron chi connectivity index (χ2n) is 4.31. The molecule has 0 aliphatic rings. The van der Waals surface area contributed by atoms with Crippen molar-refractivity contribution in [3.05, 3.63) is 62.8 Å². The van der Waals surface area contributed by atoms with E-state index >= 15 is 0 Å². The first-order valence-corrected chi connectivity index (χ1v) is 7.27. The van der Waals surface area contributed by atoms with Gasteiger partial charge in [-0.25, -0.2) is 4.39 Å². The van der Waals surface area contributed by atoms with Crippen LogP contribution in [0.25, 0.3) is 0 Å². The minimum Gasteiger partial charge on any atom is -0.489 e. The highest BCUT2D eigenvalue weighted by molar-refractivity contribution is 9.10. The number of rotatable bonds is 5. The van der Waals surface area contributed by atoms with E-state index in [9.17, 15) is 4.39 Å². The van der Waals surface area contributed by atoms with Crippen molar-refractivity contribution in [1.82, 2.24) is 5.32 Å². The lowest BCUT2D eigenvalue weighted by atomic mass is 10.2. The minimum absolute atomic E-state index is 0.274. The van der Waals surface area contributed by atoms with Crippen LogP contribution >= 0.6 is 27.5 Å². The van der Waals surface area contributed by atoms with Gasteiger partial charge in [0.15, 0.2) is 0 Å². The molecule has 0 amide bonds. The van der Waals surface area contributed by atoms with Gasteiger partial charge in [0, 0.05) is 27.2 Å². The van der Waals surface area contributed by atoms with Crippen molar-refractivity contribution in [2.24, 2.45) is 0 Å². The van der Waals surface area contributed by atoms with Crippen LogP contribution in [-0.4, -0.2) is 7.05 Å². The maximum Gasteiger partial charge on any atom is 0.124 e. The number of nitrogens with one attached hydrogen (secondary N) is 1. The van der Waals surface area contributed by atoms with Gasteiger partial charge in [0.2, 0.25) is 0 Å². The molecule has 0 unspecified atom stereocenters. The summed E-state index contributed by atoms with van der Waals surface area (Å²) in [5.41, 5.74) is 1.66. The number of ether oxygens (including phenoxy) is 1. The van der Waals surface area contributed by atoms with Crippen LogP contribution < -0.4 is 10.1 Å². The first-order chi connectivity index (χ1) is 9.60. The van der Waals surface area contributed by atoms with Crippen molar-refractivity contribution in [3.8, 4) is 5.75 Å². The Morgan fingerprint density at radius 3 is 2.70 bits per heavy atom. The summed E-state index contributed by atoms with van der Waals surface area (Å²) in [4.78, 5) is 0. The van der Waals surface area contributed by atoms with Gasteiger partial charge < -0.3 is 10.1 Å². The molecule has 0 fully saturated rings. The first-order valence-electron chi connectivity index (χ1n) is 6.10. The molecule has 0 aromatic heterocycles. The quantitative estimate of drug-likeness (QED) is 0.847. The predicted molar refractivity (Wildman–Crippen MR) is 82.6 cm³/mol. The summed E-state index contributed by atoms with van der Waals surface area (Å²) >= 11 is 9.50. The van der Waals surface area contributed by atoms with Gasteiger partial charge in [-0.15, -0.1) is 0 Å². The molecule has 0 bridgehead atoms. The van der Waals surface area contributed by atoms with Crippen LogP contribution in [0.3, 0.4) is 0 Å². The highest BCUT2D eigenvalue weighted by atomic mass is 79.9. The van der Waals surface area contributed by atoms with E-state index in [4.69, 9.17) is 16.3 Å². The molecule has 0 spiro atoms. The number of benzene rings is 2. The molecular formula is C15H14BrClFNO. The monoisotopic (exact) mass is 357 g/mol. The molecule has 0 radical (unpaired) electrons. The molecule has 2 aromatic carbocycles. The summed E-state index contributed by atoms with van der Waals surface area (Å²) in [6, 6.07) is 10.1. The fourth-order valence-corrected chi connectivity index (χ4v) is 2.54. The summed E-state index contributed by atoms with van der Waals surface area (Å²) in [7, 11) is 1.81. The van der Waals surface area contributed by atoms with E-state index in [2.05, 4.69) is 21.2 Å². The zero-order valence-electron chi connectivity index (χ0n) is 10.9. The zero-order chi connectivity index (χ0) is 14.5. The fourth-order valence-electron chi connectivity index (χ4n) is 1.81. The Morgan fingerprint density at radius 1 is 1.20 bits per heavy atom. The number of hydrogen-bond donors (Lipinski definition) is 1. The van der Waals surface area contributed by atoms with Crippen molar-refractivity contribution < 1.29 is 9.13 Å². The van der Waals surface area contributed by atoms with Crippen LogP contribution in [0, 0.1) is 5.82 Å². The summed E-state index contributed by atoms with van der Waals surface area (Å²) in [6.07, 6.45) is 0. The van der Waals surface area contributed by atoms with Crippen LogP contribution in [0.5, 0.6) is 5.75 Å². The van der Waals surface area contributed by atoms with Crippen molar-refractivity contribution in [1.29, 1.82) is 0 Å².